The van der Waals surface area contributed by atoms with Crippen LogP contribution < -0.4 is 5.73 Å². The van der Waals surface area contributed by atoms with Gasteiger partial charge in [0.05, 0.1) is 4.92 Å². The first kappa shape index (κ1) is 16.8. The Hall–Kier alpha value is -1.58. The second-order valence-electron chi connectivity index (χ2n) is 5.47. The molecule has 1 aliphatic heterocycles. The Morgan fingerprint density at radius 1 is 1.50 bits per heavy atom. The molecule has 1 aromatic rings. The molecule has 0 radical (unpaired) electrons. The number of halogens is 1. The summed E-state index contributed by atoms with van der Waals surface area (Å²) in [6.07, 6.45) is 1.42. The van der Waals surface area contributed by atoms with E-state index in [9.17, 15) is 22.9 Å². The third-order valence-corrected chi connectivity index (χ3v) is 5.81. The Morgan fingerprint density at radius 3 is 2.77 bits per heavy atom. The fourth-order valence-corrected chi connectivity index (χ4v) is 4.34. The van der Waals surface area contributed by atoms with Gasteiger partial charge in [0.2, 0.25) is 15.8 Å². The van der Waals surface area contributed by atoms with Crippen LogP contribution >= 0.6 is 0 Å². The summed E-state index contributed by atoms with van der Waals surface area (Å²) in [6.45, 7) is 2.23. The summed E-state index contributed by atoms with van der Waals surface area (Å²) in [5.41, 5.74) is 4.81. The van der Waals surface area contributed by atoms with Crippen molar-refractivity contribution >= 4 is 15.7 Å². The summed E-state index contributed by atoms with van der Waals surface area (Å²) in [5, 5.41) is 11.0. The van der Waals surface area contributed by atoms with Crippen molar-refractivity contribution in [3.8, 4) is 0 Å². The van der Waals surface area contributed by atoms with Gasteiger partial charge in [-0.1, -0.05) is 6.07 Å². The lowest BCUT2D eigenvalue weighted by atomic mass is 9.93. The Kier molecular flexibility index (Phi) is 4.78. The first-order chi connectivity index (χ1) is 10.2. The van der Waals surface area contributed by atoms with Gasteiger partial charge in [-0.2, -0.15) is 8.70 Å². The molecular formula is C13H18FN3O4S. The van der Waals surface area contributed by atoms with Gasteiger partial charge in [0.1, 0.15) is 0 Å². The molecule has 0 spiro atoms. The highest BCUT2D eigenvalue weighted by Crippen LogP contribution is 2.31. The van der Waals surface area contributed by atoms with E-state index in [1.54, 1.807) is 6.92 Å². The van der Waals surface area contributed by atoms with E-state index in [0.717, 1.165) is 28.9 Å². The standard InChI is InChI=1S/C13H18FN3O4S/c1-9(15)10-4-3-7-16(8-10)22(20,21)12-6-2-5-11(14)13(12)17(18)19/h2,5-6,9-10H,3-4,7-8,15H2,1H3. The molecule has 2 N–H and O–H groups in total. The lowest BCUT2D eigenvalue weighted by molar-refractivity contribution is -0.390. The van der Waals surface area contributed by atoms with Gasteiger partial charge in [0, 0.05) is 19.1 Å². The second kappa shape index (κ2) is 6.27. The third-order valence-electron chi connectivity index (χ3n) is 3.91. The first-order valence-corrected chi connectivity index (χ1v) is 8.37. The number of nitrogens with two attached hydrogens (primary N) is 1. The van der Waals surface area contributed by atoms with Crippen LogP contribution in [0, 0.1) is 21.8 Å². The molecule has 1 heterocycles. The van der Waals surface area contributed by atoms with Crippen LogP contribution in [-0.4, -0.2) is 36.8 Å². The van der Waals surface area contributed by atoms with E-state index in [1.165, 1.54) is 0 Å². The number of nitro benzene ring substituents is 1. The predicted molar refractivity (Wildman–Crippen MR) is 78.2 cm³/mol. The molecule has 2 unspecified atom stereocenters. The van der Waals surface area contributed by atoms with Crippen LogP contribution in [0.3, 0.4) is 0 Å². The van der Waals surface area contributed by atoms with Crippen LogP contribution in [0.15, 0.2) is 23.1 Å². The summed E-state index contributed by atoms with van der Waals surface area (Å²) < 4.78 is 40.1. The van der Waals surface area contributed by atoms with Gasteiger partial charge >= 0.3 is 5.69 Å². The summed E-state index contributed by atoms with van der Waals surface area (Å²) >= 11 is 0. The molecule has 9 heteroatoms. The molecule has 7 nitrogen and oxygen atoms in total. The van der Waals surface area contributed by atoms with E-state index in [0.29, 0.717) is 6.42 Å². The molecule has 1 aliphatic rings. The van der Waals surface area contributed by atoms with Crippen molar-refractivity contribution in [2.75, 3.05) is 13.1 Å². The zero-order chi connectivity index (χ0) is 16.5. The van der Waals surface area contributed by atoms with E-state index in [1.807, 2.05) is 0 Å². The molecule has 22 heavy (non-hydrogen) atoms. The van der Waals surface area contributed by atoms with Gasteiger partial charge in [0.15, 0.2) is 4.90 Å². The van der Waals surface area contributed by atoms with Crippen molar-refractivity contribution in [2.24, 2.45) is 11.7 Å². The number of piperidine rings is 1. The van der Waals surface area contributed by atoms with Crippen LogP contribution in [0.25, 0.3) is 0 Å². The Morgan fingerprint density at radius 2 is 2.18 bits per heavy atom. The molecule has 0 amide bonds. The molecule has 1 aromatic carbocycles. The van der Waals surface area contributed by atoms with E-state index >= 15 is 0 Å². The zero-order valence-electron chi connectivity index (χ0n) is 12.1. The lowest BCUT2D eigenvalue weighted by Gasteiger charge is -2.33. The fourth-order valence-electron chi connectivity index (χ4n) is 2.64. The normalized spacial score (nSPS) is 21.5. The maximum atomic E-state index is 13.7. The fraction of sp³-hybridized carbons (Fsp3) is 0.538. The minimum Gasteiger partial charge on any atom is -0.328 e. The molecule has 122 valence electrons. The number of nitro groups is 1. The zero-order valence-corrected chi connectivity index (χ0v) is 12.9. The minimum absolute atomic E-state index is 0.0175. The van der Waals surface area contributed by atoms with Crippen LogP contribution in [0.5, 0.6) is 0 Å². The van der Waals surface area contributed by atoms with E-state index in [2.05, 4.69) is 0 Å². The van der Waals surface area contributed by atoms with E-state index in [4.69, 9.17) is 5.73 Å². The number of hydrogen-bond donors (Lipinski definition) is 1. The summed E-state index contributed by atoms with van der Waals surface area (Å²) in [7, 11) is -4.13. The van der Waals surface area contributed by atoms with Crippen molar-refractivity contribution in [3.05, 3.63) is 34.1 Å². The number of nitrogens with zero attached hydrogens (tertiary/aromatic N) is 2. The van der Waals surface area contributed by atoms with E-state index in [-0.39, 0.29) is 25.0 Å². The molecule has 0 saturated carbocycles. The predicted octanol–water partition coefficient (Wildman–Crippen LogP) is 1.48. The largest absolute Gasteiger partial charge is 0.328 e. The van der Waals surface area contributed by atoms with Gasteiger partial charge in [-0.15, -0.1) is 0 Å². The van der Waals surface area contributed by atoms with Gasteiger partial charge in [-0.3, -0.25) is 10.1 Å². The molecule has 0 aliphatic carbocycles. The third kappa shape index (κ3) is 3.11. The summed E-state index contributed by atoms with van der Waals surface area (Å²) in [4.78, 5) is 9.39. The lowest BCUT2D eigenvalue weighted by Crippen LogP contribution is -2.45. The van der Waals surface area contributed by atoms with Gasteiger partial charge in [-0.05, 0) is 37.8 Å². The Labute approximate surface area is 128 Å². The van der Waals surface area contributed by atoms with Crippen molar-refractivity contribution < 1.29 is 17.7 Å². The van der Waals surface area contributed by atoms with Crippen LogP contribution in [-0.2, 0) is 10.0 Å². The van der Waals surface area contributed by atoms with Gasteiger partial charge in [0.25, 0.3) is 0 Å². The minimum atomic E-state index is -4.13. The number of rotatable bonds is 4. The van der Waals surface area contributed by atoms with Gasteiger partial charge in [-0.25, -0.2) is 8.42 Å². The maximum Gasteiger partial charge on any atom is 0.324 e. The SMILES string of the molecule is CC(N)C1CCCN(S(=O)(=O)c2cccc(F)c2[N+](=O)[O-])C1. The highest BCUT2D eigenvalue weighted by atomic mass is 32.2. The molecular weight excluding hydrogens is 313 g/mol. The molecule has 1 fully saturated rings. The quantitative estimate of drug-likeness (QED) is 0.664. The number of para-hydroxylation sites is 1. The monoisotopic (exact) mass is 331 g/mol. The van der Waals surface area contributed by atoms with Crippen molar-refractivity contribution in [3.63, 3.8) is 0 Å². The van der Waals surface area contributed by atoms with E-state index < -0.39 is 31.3 Å². The highest BCUT2D eigenvalue weighted by Gasteiger charge is 2.37. The van der Waals surface area contributed by atoms with Crippen LogP contribution in [0.1, 0.15) is 19.8 Å². The highest BCUT2D eigenvalue weighted by molar-refractivity contribution is 7.89. The first-order valence-electron chi connectivity index (χ1n) is 6.93. The molecule has 2 rings (SSSR count). The molecule has 1 saturated heterocycles. The topological polar surface area (TPSA) is 107 Å². The number of benzene rings is 1. The maximum absolute atomic E-state index is 13.7. The average Bonchev–Trinajstić information content (AvgIpc) is 2.46. The Balaban J connectivity index is 2.43. The van der Waals surface area contributed by atoms with Crippen molar-refractivity contribution in [2.45, 2.75) is 30.7 Å². The Bertz CT molecular complexity index is 678. The van der Waals surface area contributed by atoms with Gasteiger partial charge < -0.3 is 5.73 Å². The van der Waals surface area contributed by atoms with Crippen molar-refractivity contribution in [1.82, 2.24) is 4.31 Å². The smallest absolute Gasteiger partial charge is 0.324 e. The van der Waals surface area contributed by atoms with Crippen molar-refractivity contribution in [1.29, 1.82) is 0 Å². The van der Waals surface area contributed by atoms with Crippen LogP contribution in [0.2, 0.25) is 0 Å². The number of sulfonamides is 1. The van der Waals surface area contributed by atoms with Crippen LogP contribution in [0.4, 0.5) is 10.1 Å². The molecule has 2 atom stereocenters. The average molecular weight is 331 g/mol. The number of hydrogen-bond acceptors (Lipinski definition) is 5. The summed E-state index contributed by atoms with van der Waals surface area (Å²) in [6, 6.07) is 2.91. The summed E-state index contributed by atoms with van der Waals surface area (Å²) in [5.74, 6) is -1.18. The molecule has 0 bridgehead atoms. The molecule has 0 aromatic heterocycles. The second-order valence-corrected chi connectivity index (χ2v) is 7.37.